The van der Waals surface area contributed by atoms with Gasteiger partial charge in [-0.2, -0.15) is 0 Å². The molecular weight excluding hydrogens is 368 g/mol. The fourth-order valence-electron chi connectivity index (χ4n) is 6.30. The molecule has 3 aliphatic carbocycles. The first kappa shape index (κ1) is 19.8. The molecule has 4 rings (SSSR count). The molecule has 4 atom stereocenters. The molecule has 5 heteroatoms. The lowest BCUT2D eigenvalue weighted by molar-refractivity contribution is -0.151. The number of carbonyl (C=O) groups excluding carboxylic acids is 2. The Kier molecular flexibility index (Phi) is 4.62. The third kappa shape index (κ3) is 2.98. The first-order valence-electron chi connectivity index (χ1n) is 10.6. The Bertz CT molecular complexity index is 826. The van der Waals surface area contributed by atoms with Crippen LogP contribution in [0.15, 0.2) is 18.2 Å². The minimum Gasteiger partial charge on any atom is -0.427 e. The minimum absolute atomic E-state index is 0.283. The van der Waals surface area contributed by atoms with E-state index in [0.717, 1.165) is 32.1 Å². The highest BCUT2D eigenvalue weighted by atomic mass is 28.4. The second-order valence-corrected chi connectivity index (χ2v) is 14.5. The van der Waals surface area contributed by atoms with Gasteiger partial charge in [0.2, 0.25) is 0 Å². The van der Waals surface area contributed by atoms with Crippen LogP contribution in [0.1, 0.15) is 63.0 Å². The molecule has 3 aliphatic rings. The third-order valence-corrected chi connectivity index (χ3v) is 8.28. The Morgan fingerprint density at radius 1 is 1.14 bits per heavy atom. The van der Waals surface area contributed by atoms with Gasteiger partial charge in [0.05, 0.1) is 11.0 Å². The van der Waals surface area contributed by atoms with Crippen molar-refractivity contribution < 1.29 is 18.8 Å². The molecule has 1 aromatic carbocycles. The lowest BCUT2D eigenvalue weighted by Crippen LogP contribution is -2.61. The maximum Gasteiger partial charge on any atom is 0.308 e. The summed E-state index contributed by atoms with van der Waals surface area (Å²) in [6, 6.07) is 6.10. The van der Waals surface area contributed by atoms with Crippen molar-refractivity contribution in [1.82, 2.24) is 0 Å². The first-order valence-corrected chi connectivity index (χ1v) is 14.0. The molecule has 2 fully saturated rings. The summed E-state index contributed by atoms with van der Waals surface area (Å²) >= 11 is 0. The molecule has 0 spiro atoms. The summed E-state index contributed by atoms with van der Waals surface area (Å²) in [5.74, 6) is 1.56. The Morgan fingerprint density at radius 2 is 1.89 bits per heavy atom. The normalized spacial score (nSPS) is 34.4. The lowest BCUT2D eigenvalue weighted by atomic mass is 9.53. The van der Waals surface area contributed by atoms with Crippen LogP contribution in [0.4, 0.5) is 0 Å². The Hall–Kier alpha value is -1.46. The summed E-state index contributed by atoms with van der Waals surface area (Å²) in [5.41, 5.74) is 2.00. The van der Waals surface area contributed by atoms with Crippen molar-refractivity contribution in [2.24, 2.45) is 11.3 Å². The van der Waals surface area contributed by atoms with Crippen LogP contribution in [0.25, 0.3) is 0 Å². The van der Waals surface area contributed by atoms with Gasteiger partial charge in [0, 0.05) is 13.3 Å². The molecule has 0 radical (unpaired) electrons. The first-order chi connectivity index (χ1) is 13.1. The molecule has 4 nitrogen and oxygen atoms in total. The summed E-state index contributed by atoms with van der Waals surface area (Å²) in [5, 5.41) is 0. The van der Waals surface area contributed by atoms with Crippen molar-refractivity contribution in [2.75, 3.05) is 0 Å². The van der Waals surface area contributed by atoms with Crippen molar-refractivity contribution in [2.45, 2.75) is 83.5 Å². The van der Waals surface area contributed by atoms with Gasteiger partial charge >= 0.3 is 5.97 Å². The standard InChI is InChI=1S/C23H32O4Si/c1-15(24)26-17-7-8-18-16(14-17)6-9-20-19(18)10-12-22(2)21(25)11-13-23(20,22)27-28(3,4)5/h7-8,14,19-20H,6,9-13H2,1-5H3/t19-,20-,22-,23-/m1/s1. The summed E-state index contributed by atoms with van der Waals surface area (Å²) < 4.78 is 12.3. The van der Waals surface area contributed by atoms with Crippen LogP contribution in [-0.4, -0.2) is 25.7 Å². The van der Waals surface area contributed by atoms with Gasteiger partial charge in [-0.05, 0) is 93.8 Å². The zero-order valence-electron chi connectivity index (χ0n) is 17.8. The molecule has 28 heavy (non-hydrogen) atoms. The second kappa shape index (κ2) is 6.53. The predicted molar refractivity (Wildman–Crippen MR) is 111 cm³/mol. The molecule has 0 bridgehead atoms. The topological polar surface area (TPSA) is 52.6 Å². The van der Waals surface area contributed by atoms with E-state index in [1.807, 2.05) is 12.1 Å². The number of benzene rings is 1. The van der Waals surface area contributed by atoms with E-state index in [-0.39, 0.29) is 17.0 Å². The fraction of sp³-hybridized carbons (Fsp3) is 0.652. The van der Waals surface area contributed by atoms with Crippen molar-refractivity contribution >= 4 is 20.1 Å². The lowest BCUT2D eigenvalue weighted by Gasteiger charge is -2.58. The molecular formula is C23H32O4Si. The number of Topliss-reactive ketones (excluding diaryl/α,β-unsaturated/α-hetero) is 1. The summed E-state index contributed by atoms with van der Waals surface area (Å²) in [6.07, 6.45) is 5.45. The van der Waals surface area contributed by atoms with E-state index < -0.39 is 8.32 Å². The van der Waals surface area contributed by atoms with Crippen LogP contribution in [0.3, 0.4) is 0 Å². The fourth-order valence-corrected chi connectivity index (χ4v) is 7.87. The van der Waals surface area contributed by atoms with E-state index in [9.17, 15) is 9.59 Å². The van der Waals surface area contributed by atoms with E-state index in [1.54, 1.807) is 0 Å². The number of hydrogen-bond acceptors (Lipinski definition) is 4. The third-order valence-electron chi connectivity index (χ3n) is 7.30. The average molecular weight is 401 g/mol. The highest BCUT2D eigenvalue weighted by Crippen LogP contribution is 2.64. The van der Waals surface area contributed by atoms with Crippen LogP contribution < -0.4 is 4.74 Å². The van der Waals surface area contributed by atoms with E-state index in [1.165, 1.54) is 18.1 Å². The van der Waals surface area contributed by atoms with E-state index in [4.69, 9.17) is 9.16 Å². The number of rotatable bonds is 3. The van der Waals surface area contributed by atoms with Gasteiger partial charge < -0.3 is 9.16 Å². The largest absolute Gasteiger partial charge is 0.427 e. The van der Waals surface area contributed by atoms with Gasteiger partial charge in [0.1, 0.15) is 11.5 Å². The summed E-state index contributed by atoms with van der Waals surface area (Å²) in [6.45, 7) is 10.4. The van der Waals surface area contributed by atoms with Crippen LogP contribution in [-0.2, 0) is 20.4 Å². The number of carbonyl (C=O) groups is 2. The molecule has 0 amide bonds. The van der Waals surface area contributed by atoms with E-state index in [2.05, 4.69) is 32.6 Å². The summed E-state index contributed by atoms with van der Waals surface area (Å²) in [4.78, 5) is 24.3. The SMILES string of the molecule is CC(=O)Oc1ccc2c(c1)CC[C@@H]1[C@@H]2CC[C@]2(C)C(=O)CC[C@@]12O[Si](C)(C)C. The molecule has 0 saturated heterocycles. The van der Waals surface area contributed by atoms with Crippen LogP contribution >= 0.6 is 0 Å². The van der Waals surface area contributed by atoms with Crippen LogP contribution in [0, 0.1) is 11.3 Å². The minimum atomic E-state index is -1.82. The van der Waals surface area contributed by atoms with Crippen LogP contribution in [0.2, 0.25) is 19.6 Å². The van der Waals surface area contributed by atoms with E-state index >= 15 is 0 Å². The monoisotopic (exact) mass is 400 g/mol. The zero-order chi connectivity index (χ0) is 20.3. The van der Waals surface area contributed by atoms with Crippen molar-refractivity contribution in [3.05, 3.63) is 29.3 Å². The smallest absolute Gasteiger partial charge is 0.308 e. The molecule has 152 valence electrons. The quantitative estimate of drug-likeness (QED) is 0.406. The van der Waals surface area contributed by atoms with E-state index in [0.29, 0.717) is 29.8 Å². The second-order valence-electron chi connectivity index (χ2n) is 10.1. The molecule has 0 aromatic heterocycles. The number of fused-ring (bicyclic) bond motifs is 5. The van der Waals surface area contributed by atoms with Gasteiger partial charge in [-0.1, -0.05) is 6.07 Å². The van der Waals surface area contributed by atoms with Gasteiger partial charge in [-0.25, -0.2) is 0 Å². The Balaban J connectivity index is 1.74. The molecule has 0 aliphatic heterocycles. The molecule has 0 N–H and O–H groups in total. The number of aryl methyl sites for hydroxylation is 1. The highest BCUT2D eigenvalue weighted by molar-refractivity contribution is 6.69. The van der Waals surface area contributed by atoms with Gasteiger partial charge in [0.15, 0.2) is 8.32 Å². The Labute approximate surface area is 169 Å². The molecule has 0 unspecified atom stereocenters. The number of esters is 1. The predicted octanol–water partition coefficient (Wildman–Crippen LogP) is 5.01. The molecule has 2 saturated carbocycles. The van der Waals surface area contributed by atoms with Gasteiger partial charge in [0.25, 0.3) is 0 Å². The molecule has 1 aromatic rings. The Morgan fingerprint density at radius 3 is 2.57 bits per heavy atom. The van der Waals surface area contributed by atoms with Gasteiger partial charge in [-0.3, -0.25) is 9.59 Å². The maximum absolute atomic E-state index is 13.0. The summed E-state index contributed by atoms with van der Waals surface area (Å²) in [7, 11) is -1.82. The molecule has 0 heterocycles. The van der Waals surface area contributed by atoms with Crippen molar-refractivity contribution in [3.63, 3.8) is 0 Å². The van der Waals surface area contributed by atoms with Crippen LogP contribution in [0.5, 0.6) is 5.75 Å². The number of ketones is 1. The number of ether oxygens (including phenoxy) is 1. The maximum atomic E-state index is 13.0. The van der Waals surface area contributed by atoms with Gasteiger partial charge in [-0.15, -0.1) is 0 Å². The van der Waals surface area contributed by atoms with Crippen molar-refractivity contribution in [1.29, 1.82) is 0 Å². The zero-order valence-corrected chi connectivity index (χ0v) is 18.8. The highest BCUT2D eigenvalue weighted by Gasteiger charge is 2.66. The average Bonchev–Trinajstić information content (AvgIpc) is 2.84. The van der Waals surface area contributed by atoms with Crippen molar-refractivity contribution in [3.8, 4) is 5.75 Å². The number of hydrogen-bond donors (Lipinski definition) is 0.